The lowest BCUT2D eigenvalue weighted by molar-refractivity contribution is -0.122. The fraction of sp³-hybridized carbons (Fsp3) is 0.417. The fourth-order valence-corrected chi connectivity index (χ4v) is 1.82. The van der Waals surface area contributed by atoms with Crippen LogP contribution in [0.25, 0.3) is 0 Å². The Morgan fingerprint density at radius 1 is 1.50 bits per heavy atom. The first kappa shape index (κ1) is 13.2. The molecule has 0 saturated heterocycles. The molecule has 0 aliphatic carbocycles. The number of halogens is 1. The van der Waals surface area contributed by atoms with Gasteiger partial charge in [0.05, 0.1) is 6.04 Å². The normalized spacial score (nSPS) is 12.2. The predicted octanol–water partition coefficient (Wildman–Crippen LogP) is 2.19. The van der Waals surface area contributed by atoms with E-state index in [9.17, 15) is 4.79 Å². The highest BCUT2D eigenvalue weighted by Crippen LogP contribution is 2.15. The summed E-state index contributed by atoms with van der Waals surface area (Å²) in [5.74, 6) is -0.0856. The van der Waals surface area contributed by atoms with E-state index in [0.717, 1.165) is 22.9 Å². The van der Waals surface area contributed by atoms with Crippen molar-refractivity contribution in [1.82, 2.24) is 5.32 Å². The molecule has 0 fully saturated rings. The molecule has 1 rings (SSSR count). The number of nitrogens with one attached hydrogen (secondary N) is 1. The van der Waals surface area contributed by atoms with Gasteiger partial charge in [-0.25, -0.2) is 0 Å². The average molecular weight is 285 g/mol. The van der Waals surface area contributed by atoms with E-state index in [1.165, 1.54) is 0 Å². The van der Waals surface area contributed by atoms with E-state index in [4.69, 9.17) is 5.73 Å². The van der Waals surface area contributed by atoms with Crippen molar-refractivity contribution in [3.8, 4) is 0 Å². The van der Waals surface area contributed by atoms with Gasteiger partial charge in [-0.15, -0.1) is 0 Å². The maximum absolute atomic E-state index is 11.6. The van der Waals surface area contributed by atoms with Crippen LogP contribution in [0.5, 0.6) is 0 Å². The Kier molecular flexibility index (Phi) is 5.49. The third-order valence-corrected chi connectivity index (χ3v) is 3.12. The largest absolute Gasteiger partial charge is 0.351 e. The standard InChI is InChI=1S/C12H17BrN2O/c1-2-5-11(14)12(16)15-8-9-6-3-4-7-10(9)13/h3-4,6-7,11H,2,5,8,14H2,1H3,(H,15,16)/t11-/m1/s1. The highest BCUT2D eigenvalue weighted by atomic mass is 79.9. The van der Waals surface area contributed by atoms with Crippen LogP contribution < -0.4 is 11.1 Å². The van der Waals surface area contributed by atoms with E-state index in [2.05, 4.69) is 21.2 Å². The summed E-state index contributed by atoms with van der Waals surface area (Å²) in [6.45, 7) is 2.53. The molecule has 1 atom stereocenters. The summed E-state index contributed by atoms with van der Waals surface area (Å²) in [4.78, 5) is 11.6. The van der Waals surface area contributed by atoms with Crippen molar-refractivity contribution in [2.75, 3.05) is 0 Å². The molecule has 88 valence electrons. The number of nitrogens with two attached hydrogens (primary N) is 1. The average Bonchev–Trinajstić information content (AvgIpc) is 2.28. The Labute approximate surface area is 105 Å². The van der Waals surface area contributed by atoms with Crippen LogP contribution in [0.15, 0.2) is 28.7 Å². The molecule has 16 heavy (non-hydrogen) atoms. The van der Waals surface area contributed by atoms with Crippen molar-refractivity contribution in [1.29, 1.82) is 0 Å². The molecule has 0 saturated carbocycles. The first-order valence-electron chi connectivity index (χ1n) is 5.41. The van der Waals surface area contributed by atoms with Crippen LogP contribution >= 0.6 is 15.9 Å². The van der Waals surface area contributed by atoms with E-state index in [1.54, 1.807) is 0 Å². The molecule has 3 nitrogen and oxygen atoms in total. The minimum Gasteiger partial charge on any atom is -0.351 e. The van der Waals surface area contributed by atoms with E-state index < -0.39 is 6.04 Å². The van der Waals surface area contributed by atoms with Gasteiger partial charge in [0.15, 0.2) is 0 Å². The Morgan fingerprint density at radius 3 is 2.81 bits per heavy atom. The molecule has 3 N–H and O–H groups in total. The van der Waals surface area contributed by atoms with Crippen LogP contribution in [0.3, 0.4) is 0 Å². The van der Waals surface area contributed by atoms with Crippen LogP contribution in [-0.2, 0) is 11.3 Å². The lowest BCUT2D eigenvalue weighted by atomic mass is 10.1. The zero-order valence-corrected chi connectivity index (χ0v) is 11.0. The smallest absolute Gasteiger partial charge is 0.237 e. The SMILES string of the molecule is CCC[C@@H](N)C(=O)NCc1ccccc1Br. The predicted molar refractivity (Wildman–Crippen MR) is 68.9 cm³/mol. The number of benzene rings is 1. The summed E-state index contributed by atoms with van der Waals surface area (Å²) >= 11 is 3.43. The summed E-state index contributed by atoms with van der Waals surface area (Å²) in [7, 11) is 0. The number of amides is 1. The Balaban J connectivity index is 2.46. The maximum Gasteiger partial charge on any atom is 0.237 e. The molecule has 0 heterocycles. The Bertz CT molecular complexity index is 355. The number of carbonyl (C=O) groups is 1. The van der Waals surface area contributed by atoms with Crippen molar-refractivity contribution < 1.29 is 4.79 Å². The van der Waals surface area contributed by atoms with Gasteiger partial charge in [0.2, 0.25) is 5.91 Å². The molecule has 0 spiro atoms. The van der Waals surface area contributed by atoms with Gasteiger partial charge in [-0.1, -0.05) is 47.5 Å². The van der Waals surface area contributed by atoms with Gasteiger partial charge < -0.3 is 11.1 Å². The van der Waals surface area contributed by atoms with Crippen LogP contribution in [0, 0.1) is 0 Å². The van der Waals surface area contributed by atoms with E-state index >= 15 is 0 Å². The van der Waals surface area contributed by atoms with Crippen LogP contribution in [0.1, 0.15) is 25.3 Å². The van der Waals surface area contributed by atoms with Gasteiger partial charge in [0.1, 0.15) is 0 Å². The zero-order chi connectivity index (χ0) is 12.0. The third-order valence-electron chi connectivity index (χ3n) is 2.35. The van der Waals surface area contributed by atoms with Gasteiger partial charge in [-0.2, -0.15) is 0 Å². The highest BCUT2D eigenvalue weighted by Gasteiger charge is 2.11. The molecule has 0 radical (unpaired) electrons. The topological polar surface area (TPSA) is 55.1 Å². The zero-order valence-electron chi connectivity index (χ0n) is 9.37. The molecule has 4 heteroatoms. The summed E-state index contributed by atoms with van der Waals surface area (Å²) in [5.41, 5.74) is 6.76. The van der Waals surface area contributed by atoms with Crippen molar-refractivity contribution in [2.24, 2.45) is 5.73 Å². The minimum atomic E-state index is -0.396. The van der Waals surface area contributed by atoms with E-state index in [1.807, 2.05) is 31.2 Å². The van der Waals surface area contributed by atoms with Crippen molar-refractivity contribution in [3.63, 3.8) is 0 Å². The van der Waals surface area contributed by atoms with Gasteiger partial charge in [-0.05, 0) is 18.1 Å². The molecule has 0 aliphatic heterocycles. The fourth-order valence-electron chi connectivity index (χ4n) is 1.40. The summed E-state index contributed by atoms with van der Waals surface area (Å²) < 4.78 is 0.999. The van der Waals surface area contributed by atoms with Crippen molar-refractivity contribution in [3.05, 3.63) is 34.3 Å². The molecular formula is C12H17BrN2O. The monoisotopic (exact) mass is 284 g/mol. The Hall–Kier alpha value is -0.870. The van der Waals surface area contributed by atoms with E-state index in [0.29, 0.717) is 6.54 Å². The molecule has 1 aromatic rings. The number of hydrogen-bond acceptors (Lipinski definition) is 2. The van der Waals surface area contributed by atoms with Gasteiger partial charge in [-0.3, -0.25) is 4.79 Å². The van der Waals surface area contributed by atoms with Crippen molar-refractivity contribution >= 4 is 21.8 Å². The van der Waals surface area contributed by atoms with Crippen LogP contribution in [-0.4, -0.2) is 11.9 Å². The molecular weight excluding hydrogens is 268 g/mol. The second kappa shape index (κ2) is 6.66. The lowest BCUT2D eigenvalue weighted by Gasteiger charge is -2.11. The van der Waals surface area contributed by atoms with Gasteiger partial charge in [0.25, 0.3) is 0 Å². The molecule has 0 aromatic heterocycles. The minimum absolute atomic E-state index is 0.0856. The first-order chi connectivity index (χ1) is 7.65. The summed E-state index contributed by atoms with van der Waals surface area (Å²) in [6.07, 6.45) is 1.64. The molecule has 0 bridgehead atoms. The molecule has 1 amide bonds. The van der Waals surface area contributed by atoms with Crippen LogP contribution in [0.2, 0.25) is 0 Å². The van der Waals surface area contributed by atoms with Crippen molar-refractivity contribution in [2.45, 2.75) is 32.4 Å². The first-order valence-corrected chi connectivity index (χ1v) is 6.21. The summed E-state index contributed by atoms with van der Waals surface area (Å²) in [5, 5.41) is 2.83. The third kappa shape index (κ3) is 3.94. The highest BCUT2D eigenvalue weighted by molar-refractivity contribution is 9.10. The second-order valence-electron chi connectivity index (χ2n) is 3.70. The van der Waals surface area contributed by atoms with Gasteiger partial charge >= 0.3 is 0 Å². The number of rotatable bonds is 5. The number of carbonyl (C=O) groups excluding carboxylic acids is 1. The lowest BCUT2D eigenvalue weighted by Crippen LogP contribution is -2.40. The van der Waals surface area contributed by atoms with Crippen LogP contribution in [0.4, 0.5) is 0 Å². The molecule has 0 unspecified atom stereocenters. The van der Waals surface area contributed by atoms with Gasteiger partial charge in [0, 0.05) is 11.0 Å². The number of hydrogen-bond donors (Lipinski definition) is 2. The molecule has 1 aromatic carbocycles. The molecule has 0 aliphatic rings. The summed E-state index contributed by atoms with van der Waals surface area (Å²) in [6, 6.07) is 7.41. The maximum atomic E-state index is 11.6. The van der Waals surface area contributed by atoms with E-state index in [-0.39, 0.29) is 5.91 Å². The second-order valence-corrected chi connectivity index (χ2v) is 4.56. The Morgan fingerprint density at radius 2 is 2.19 bits per heavy atom. The quantitative estimate of drug-likeness (QED) is 0.871.